The summed E-state index contributed by atoms with van der Waals surface area (Å²) in [5.74, 6) is 1.03. The van der Waals surface area contributed by atoms with Crippen molar-refractivity contribution in [3.63, 3.8) is 0 Å². The molecule has 0 radical (unpaired) electrons. The third kappa shape index (κ3) is 2.84. The predicted molar refractivity (Wildman–Crippen MR) is 68.4 cm³/mol. The molecule has 1 aromatic carbocycles. The van der Waals surface area contributed by atoms with Crippen molar-refractivity contribution in [2.75, 3.05) is 24.7 Å². The van der Waals surface area contributed by atoms with Crippen LogP contribution in [0.1, 0.15) is 11.5 Å². The standard InChI is InChI=1S/C12H14N4O/c1-16(2)12-14-11(17-15-12)8-5-9-3-6-10(13)7-4-9/h3-8H,13H2,1-2H3/b8-5+. The third-order valence-corrected chi connectivity index (χ3v) is 2.19. The molecule has 0 aliphatic heterocycles. The summed E-state index contributed by atoms with van der Waals surface area (Å²) in [5, 5.41) is 3.81. The highest BCUT2D eigenvalue weighted by Crippen LogP contribution is 2.11. The minimum Gasteiger partial charge on any atom is -0.399 e. The second kappa shape index (κ2) is 4.69. The Morgan fingerprint density at radius 3 is 2.47 bits per heavy atom. The van der Waals surface area contributed by atoms with Gasteiger partial charge in [-0.05, 0) is 28.9 Å². The van der Waals surface area contributed by atoms with Crippen LogP contribution in [0, 0.1) is 0 Å². The highest BCUT2D eigenvalue weighted by molar-refractivity contribution is 5.67. The van der Waals surface area contributed by atoms with E-state index in [1.54, 1.807) is 11.0 Å². The zero-order chi connectivity index (χ0) is 12.3. The largest absolute Gasteiger partial charge is 0.399 e. The van der Waals surface area contributed by atoms with E-state index in [1.165, 1.54) is 0 Å². The summed E-state index contributed by atoms with van der Waals surface area (Å²) in [5.41, 5.74) is 7.38. The fourth-order valence-electron chi connectivity index (χ4n) is 1.25. The van der Waals surface area contributed by atoms with E-state index in [9.17, 15) is 0 Å². The highest BCUT2D eigenvalue weighted by atomic mass is 16.5. The molecule has 5 heteroatoms. The van der Waals surface area contributed by atoms with Crippen LogP contribution in [0.2, 0.25) is 0 Å². The Morgan fingerprint density at radius 2 is 1.88 bits per heavy atom. The number of anilines is 2. The number of benzene rings is 1. The van der Waals surface area contributed by atoms with Gasteiger partial charge < -0.3 is 15.2 Å². The molecule has 2 rings (SSSR count). The minimum absolute atomic E-state index is 0.477. The molecule has 0 aliphatic rings. The molecule has 1 heterocycles. The van der Waals surface area contributed by atoms with E-state index in [-0.39, 0.29) is 0 Å². The lowest BCUT2D eigenvalue weighted by atomic mass is 10.2. The number of aromatic nitrogens is 2. The number of hydrogen-bond acceptors (Lipinski definition) is 5. The topological polar surface area (TPSA) is 68.2 Å². The smallest absolute Gasteiger partial charge is 0.265 e. The number of hydrogen-bond donors (Lipinski definition) is 1. The fourth-order valence-corrected chi connectivity index (χ4v) is 1.25. The van der Waals surface area contributed by atoms with Gasteiger partial charge in [0.2, 0.25) is 0 Å². The van der Waals surface area contributed by atoms with Crippen molar-refractivity contribution in [3.8, 4) is 0 Å². The van der Waals surface area contributed by atoms with E-state index in [0.29, 0.717) is 11.8 Å². The van der Waals surface area contributed by atoms with Gasteiger partial charge in [0.05, 0.1) is 0 Å². The first kappa shape index (κ1) is 11.2. The molecule has 2 aromatic rings. The van der Waals surface area contributed by atoms with Crippen molar-refractivity contribution in [3.05, 3.63) is 35.7 Å². The molecule has 0 spiro atoms. The minimum atomic E-state index is 0.477. The van der Waals surface area contributed by atoms with Crippen molar-refractivity contribution in [1.82, 2.24) is 10.1 Å². The Kier molecular flexibility index (Phi) is 3.09. The molecule has 88 valence electrons. The van der Waals surface area contributed by atoms with Crippen molar-refractivity contribution < 1.29 is 4.52 Å². The Morgan fingerprint density at radius 1 is 1.18 bits per heavy atom. The molecule has 0 amide bonds. The van der Waals surface area contributed by atoms with Gasteiger partial charge in [-0.2, -0.15) is 4.98 Å². The summed E-state index contributed by atoms with van der Waals surface area (Å²) in [6, 6.07) is 7.54. The maximum atomic E-state index is 5.60. The molecule has 1 aromatic heterocycles. The van der Waals surface area contributed by atoms with Crippen molar-refractivity contribution in [2.24, 2.45) is 0 Å². The van der Waals surface area contributed by atoms with E-state index in [0.717, 1.165) is 11.3 Å². The maximum absolute atomic E-state index is 5.60. The summed E-state index contributed by atoms with van der Waals surface area (Å²) >= 11 is 0. The SMILES string of the molecule is CN(C)c1noc(/C=C/c2ccc(N)cc2)n1. The second-order valence-corrected chi connectivity index (χ2v) is 3.83. The summed E-state index contributed by atoms with van der Waals surface area (Å²) in [6.07, 6.45) is 3.66. The summed E-state index contributed by atoms with van der Waals surface area (Å²) < 4.78 is 5.06. The monoisotopic (exact) mass is 230 g/mol. The molecule has 0 saturated carbocycles. The van der Waals surface area contributed by atoms with Crippen molar-refractivity contribution in [1.29, 1.82) is 0 Å². The van der Waals surface area contributed by atoms with Gasteiger partial charge in [-0.1, -0.05) is 12.1 Å². The number of nitrogens with two attached hydrogens (primary N) is 1. The van der Waals surface area contributed by atoms with Gasteiger partial charge in [-0.15, -0.1) is 0 Å². The predicted octanol–water partition coefficient (Wildman–Crippen LogP) is 1.89. The van der Waals surface area contributed by atoms with Crippen LogP contribution in [0.3, 0.4) is 0 Å². The Bertz CT molecular complexity index is 514. The van der Waals surface area contributed by atoms with Crippen LogP contribution >= 0.6 is 0 Å². The molecule has 0 aliphatic carbocycles. The van der Waals surface area contributed by atoms with E-state index < -0.39 is 0 Å². The molecule has 0 atom stereocenters. The van der Waals surface area contributed by atoms with Gasteiger partial charge in [0.25, 0.3) is 11.8 Å². The molecule has 0 fully saturated rings. The fraction of sp³-hybridized carbons (Fsp3) is 0.167. The Hall–Kier alpha value is -2.30. The van der Waals surface area contributed by atoms with E-state index >= 15 is 0 Å². The van der Waals surface area contributed by atoms with Gasteiger partial charge in [-0.3, -0.25) is 0 Å². The van der Waals surface area contributed by atoms with Crippen LogP contribution < -0.4 is 10.6 Å². The van der Waals surface area contributed by atoms with Crippen LogP contribution in [0.15, 0.2) is 28.8 Å². The van der Waals surface area contributed by atoms with Crippen LogP contribution in [-0.2, 0) is 0 Å². The van der Waals surface area contributed by atoms with Crippen molar-refractivity contribution in [2.45, 2.75) is 0 Å². The zero-order valence-electron chi connectivity index (χ0n) is 9.79. The van der Waals surface area contributed by atoms with Crippen LogP contribution in [0.25, 0.3) is 12.2 Å². The average Bonchev–Trinajstić information content (AvgIpc) is 2.77. The van der Waals surface area contributed by atoms with Crippen molar-refractivity contribution >= 4 is 23.8 Å². The molecule has 0 saturated heterocycles. The summed E-state index contributed by atoms with van der Waals surface area (Å²) in [7, 11) is 3.72. The lowest BCUT2D eigenvalue weighted by Gasteiger charge is -2.01. The molecule has 2 N–H and O–H groups in total. The zero-order valence-corrected chi connectivity index (χ0v) is 9.79. The van der Waals surface area contributed by atoms with Crippen LogP contribution in [-0.4, -0.2) is 24.2 Å². The number of nitrogen functional groups attached to an aromatic ring is 1. The first-order valence-corrected chi connectivity index (χ1v) is 5.20. The summed E-state index contributed by atoms with van der Waals surface area (Å²) in [6.45, 7) is 0. The second-order valence-electron chi connectivity index (χ2n) is 3.83. The molecular formula is C12H14N4O. The quantitative estimate of drug-likeness (QED) is 0.815. The summed E-state index contributed by atoms with van der Waals surface area (Å²) in [4.78, 5) is 5.96. The average molecular weight is 230 g/mol. The maximum Gasteiger partial charge on any atom is 0.265 e. The number of nitrogens with zero attached hydrogens (tertiary/aromatic N) is 3. The first-order valence-electron chi connectivity index (χ1n) is 5.20. The van der Waals surface area contributed by atoms with Gasteiger partial charge in [0.1, 0.15) is 0 Å². The van der Waals surface area contributed by atoms with Gasteiger partial charge in [0, 0.05) is 25.9 Å². The molecule has 0 bridgehead atoms. The van der Waals surface area contributed by atoms with Gasteiger partial charge in [0.15, 0.2) is 0 Å². The van der Waals surface area contributed by atoms with E-state index in [1.807, 2.05) is 44.4 Å². The molecule has 5 nitrogen and oxygen atoms in total. The third-order valence-electron chi connectivity index (χ3n) is 2.19. The van der Waals surface area contributed by atoms with Crippen LogP contribution in [0.4, 0.5) is 11.6 Å². The number of rotatable bonds is 3. The Balaban J connectivity index is 2.11. The molecule has 17 heavy (non-hydrogen) atoms. The lowest BCUT2D eigenvalue weighted by Crippen LogP contribution is -2.09. The molecule has 0 unspecified atom stereocenters. The lowest BCUT2D eigenvalue weighted by molar-refractivity contribution is 0.410. The van der Waals surface area contributed by atoms with Crippen LogP contribution in [0.5, 0.6) is 0 Å². The van der Waals surface area contributed by atoms with Gasteiger partial charge in [-0.25, -0.2) is 0 Å². The molecular weight excluding hydrogens is 216 g/mol. The van der Waals surface area contributed by atoms with E-state index in [2.05, 4.69) is 10.1 Å². The highest BCUT2D eigenvalue weighted by Gasteiger charge is 2.03. The normalized spacial score (nSPS) is 10.9. The first-order chi connectivity index (χ1) is 8.15. The van der Waals surface area contributed by atoms with Gasteiger partial charge >= 0.3 is 0 Å². The Labute approximate surface area is 99.5 Å². The van der Waals surface area contributed by atoms with E-state index in [4.69, 9.17) is 10.3 Å².